The van der Waals surface area contributed by atoms with Gasteiger partial charge in [-0.1, -0.05) is 6.92 Å². The summed E-state index contributed by atoms with van der Waals surface area (Å²) in [4.78, 5) is 0. The Balaban J connectivity index is 1.73. The summed E-state index contributed by atoms with van der Waals surface area (Å²) >= 11 is 3.85. The maximum Gasteiger partial charge on any atom is 0.0697 e. The predicted octanol–water partition coefficient (Wildman–Crippen LogP) is 2.66. The van der Waals surface area contributed by atoms with E-state index in [9.17, 15) is 0 Å². The van der Waals surface area contributed by atoms with Crippen molar-refractivity contribution >= 4 is 23.1 Å². The van der Waals surface area contributed by atoms with Crippen LogP contribution in [0.3, 0.4) is 0 Å². The Kier molecular flexibility index (Phi) is 5.98. The molecule has 1 unspecified atom stereocenters. The minimum atomic E-state index is 0.114. The third-order valence-electron chi connectivity index (χ3n) is 3.00. The Bertz CT molecular complexity index is 357. The number of thioether (sulfide) groups is 1. The average molecular weight is 287 g/mol. The van der Waals surface area contributed by atoms with Crippen LogP contribution in [-0.2, 0) is 4.74 Å². The fraction of sp³-hybridized carbons (Fsp3) is 0.692. The van der Waals surface area contributed by atoms with Gasteiger partial charge >= 0.3 is 0 Å². The lowest BCUT2D eigenvalue weighted by Crippen LogP contribution is -2.27. The average Bonchev–Trinajstić information content (AvgIpc) is 2.81. The Morgan fingerprint density at radius 2 is 2.39 bits per heavy atom. The molecule has 0 spiro atoms. The molecule has 2 atom stereocenters. The zero-order valence-electron chi connectivity index (χ0n) is 10.7. The van der Waals surface area contributed by atoms with Crippen molar-refractivity contribution in [1.82, 2.24) is 5.32 Å². The monoisotopic (exact) mass is 287 g/mol. The third kappa shape index (κ3) is 3.96. The van der Waals surface area contributed by atoms with E-state index in [-0.39, 0.29) is 6.61 Å². The fourth-order valence-electron chi connectivity index (χ4n) is 2.16. The highest BCUT2D eigenvalue weighted by atomic mass is 32.2. The first-order valence-corrected chi connectivity index (χ1v) is 8.23. The number of nitrogens with one attached hydrogen (secondary N) is 1. The number of hydrogen-bond acceptors (Lipinski definition) is 5. The lowest BCUT2D eigenvalue weighted by atomic mass is 10.0. The molecular formula is C13H21NO2S2. The lowest BCUT2D eigenvalue weighted by Gasteiger charge is -2.27. The number of rotatable bonds is 7. The van der Waals surface area contributed by atoms with Crippen LogP contribution in [-0.4, -0.2) is 36.7 Å². The second kappa shape index (κ2) is 7.50. The summed E-state index contributed by atoms with van der Waals surface area (Å²) in [5, 5.41) is 15.1. The molecule has 18 heavy (non-hydrogen) atoms. The van der Waals surface area contributed by atoms with Gasteiger partial charge < -0.3 is 15.2 Å². The van der Waals surface area contributed by atoms with Crippen LogP contribution in [0.4, 0.5) is 0 Å². The second-order valence-electron chi connectivity index (χ2n) is 4.52. The molecule has 1 aromatic heterocycles. The van der Waals surface area contributed by atoms with E-state index in [1.165, 1.54) is 16.2 Å². The molecule has 0 amide bonds. The molecule has 0 aliphatic carbocycles. The summed E-state index contributed by atoms with van der Waals surface area (Å²) in [7, 11) is 0. The van der Waals surface area contributed by atoms with Gasteiger partial charge in [-0.3, -0.25) is 0 Å². The van der Waals surface area contributed by atoms with Gasteiger partial charge in [-0.25, -0.2) is 0 Å². The van der Waals surface area contributed by atoms with Crippen LogP contribution in [0.25, 0.3) is 0 Å². The molecule has 1 aliphatic heterocycles. The topological polar surface area (TPSA) is 41.5 Å². The molecule has 2 rings (SSSR count). The maximum absolute atomic E-state index is 8.60. The van der Waals surface area contributed by atoms with Gasteiger partial charge in [0.2, 0.25) is 0 Å². The third-order valence-corrected chi connectivity index (χ3v) is 5.35. The van der Waals surface area contributed by atoms with Crippen molar-refractivity contribution in [2.45, 2.75) is 35.3 Å². The van der Waals surface area contributed by atoms with Gasteiger partial charge in [0.25, 0.3) is 0 Å². The van der Waals surface area contributed by atoms with E-state index in [2.05, 4.69) is 23.7 Å². The van der Waals surface area contributed by atoms with Crippen LogP contribution < -0.4 is 5.32 Å². The van der Waals surface area contributed by atoms with Crippen molar-refractivity contribution in [1.29, 1.82) is 0 Å². The lowest BCUT2D eigenvalue weighted by molar-refractivity contribution is 0.0903. The van der Waals surface area contributed by atoms with Crippen molar-refractivity contribution < 1.29 is 9.84 Å². The van der Waals surface area contributed by atoms with Gasteiger partial charge in [-0.15, -0.1) is 23.1 Å². The molecule has 1 aliphatic rings. The number of aliphatic hydroxyl groups is 1. The van der Waals surface area contributed by atoms with Crippen molar-refractivity contribution in [3.63, 3.8) is 0 Å². The van der Waals surface area contributed by atoms with E-state index in [1.807, 2.05) is 23.1 Å². The minimum Gasteiger partial charge on any atom is -0.394 e. The summed E-state index contributed by atoms with van der Waals surface area (Å²) in [5.41, 5.74) is 1.47. The van der Waals surface area contributed by atoms with Gasteiger partial charge in [0.15, 0.2) is 0 Å². The summed E-state index contributed by atoms with van der Waals surface area (Å²) in [6, 6.07) is 2.75. The zero-order valence-corrected chi connectivity index (χ0v) is 12.4. The van der Waals surface area contributed by atoms with Crippen LogP contribution in [0.2, 0.25) is 0 Å². The van der Waals surface area contributed by atoms with Gasteiger partial charge in [-0.2, -0.15) is 0 Å². The molecule has 0 saturated heterocycles. The molecule has 2 heterocycles. The number of thiophene rings is 1. The normalized spacial score (nSPS) is 23.0. The Hall–Kier alpha value is -0.0700. The molecule has 2 N–H and O–H groups in total. The van der Waals surface area contributed by atoms with Crippen molar-refractivity contribution in [2.24, 2.45) is 0 Å². The molecule has 102 valence electrons. The minimum absolute atomic E-state index is 0.114. The first-order valence-electron chi connectivity index (χ1n) is 6.47. The van der Waals surface area contributed by atoms with Crippen molar-refractivity contribution in [2.75, 3.05) is 26.4 Å². The van der Waals surface area contributed by atoms with E-state index >= 15 is 0 Å². The van der Waals surface area contributed by atoms with E-state index in [4.69, 9.17) is 9.84 Å². The molecular weight excluding hydrogens is 266 g/mol. The van der Waals surface area contributed by atoms with E-state index in [1.54, 1.807) is 0 Å². The van der Waals surface area contributed by atoms with Crippen LogP contribution in [0, 0.1) is 0 Å². The molecule has 0 bridgehead atoms. The first-order chi connectivity index (χ1) is 8.81. The molecule has 0 aromatic carbocycles. The summed E-state index contributed by atoms with van der Waals surface area (Å²) in [6.45, 7) is 4.56. The summed E-state index contributed by atoms with van der Waals surface area (Å²) in [5.74, 6) is 0. The summed E-state index contributed by atoms with van der Waals surface area (Å²) in [6.07, 6.45) is 2.20. The molecule has 0 radical (unpaired) electrons. The van der Waals surface area contributed by atoms with E-state index < -0.39 is 0 Å². The Labute approximate surface area is 117 Å². The van der Waals surface area contributed by atoms with Crippen molar-refractivity contribution in [3.8, 4) is 0 Å². The van der Waals surface area contributed by atoms with E-state index in [0.29, 0.717) is 17.9 Å². The SMILES string of the molecule is C[C@H]1CC(NCCCOCCO)c2ccsc2S1. The Morgan fingerprint density at radius 1 is 1.50 bits per heavy atom. The molecule has 1 aromatic rings. The predicted molar refractivity (Wildman–Crippen MR) is 77.5 cm³/mol. The first kappa shape index (κ1) is 14.3. The van der Waals surface area contributed by atoms with E-state index in [0.717, 1.165) is 19.6 Å². The molecule has 5 heteroatoms. The number of fused-ring (bicyclic) bond motifs is 1. The van der Waals surface area contributed by atoms with Crippen molar-refractivity contribution in [3.05, 3.63) is 17.0 Å². The standard InChI is InChI=1S/C13H21NO2S2/c1-10-9-12(11-3-8-17-13(11)18-10)14-4-2-6-16-7-5-15/h3,8,10,12,14-15H,2,4-7,9H2,1H3/t10-,12?/m0/s1. The number of aliphatic hydroxyl groups excluding tert-OH is 1. The molecule has 0 saturated carbocycles. The van der Waals surface area contributed by atoms with Gasteiger partial charge in [0, 0.05) is 17.9 Å². The summed E-state index contributed by atoms with van der Waals surface area (Å²) < 4.78 is 6.73. The van der Waals surface area contributed by atoms with Gasteiger partial charge in [0.1, 0.15) is 0 Å². The van der Waals surface area contributed by atoms with Gasteiger partial charge in [-0.05, 0) is 36.4 Å². The highest BCUT2D eigenvalue weighted by molar-refractivity contribution is 8.01. The second-order valence-corrected chi connectivity index (χ2v) is 7.15. The van der Waals surface area contributed by atoms with Crippen LogP contribution >= 0.6 is 23.1 Å². The zero-order chi connectivity index (χ0) is 12.8. The van der Waals surface area contributed by atoms with Crippen LogP contribution in [0.5, 0.6) is 0 Å². The smallest absolute Gasteiger partial charge is 0.0697 e. The number of ether oxygens (including phenoxy) is 1. The fourth-order valence-corrected chi connectivity index (χ4v) is 4.73. The van der Waals surface area contributed by atoms with Crippen LogP contribution in [0.1, 0.15) is 31.4 Å². The van der Waals surface area contributed by atoms with Gasteiger partial charge in [0.05, 0.1) is 17.4 Å². The highest BCUT2D eigenvalue weighted by Gasteiger charge is 2.25. The number of hydrogen-bond donors (Lipinski definition) is 2. The maximum atomic E-state index is 8.60. The molecule has 0 fully saturated rings. The largest absolute Gasteiger partial charge is 0.394 e. The quantitative estimate of drug-likeness (QED) is 0.757. The Morgan fingerprint density at radius 3 is 3.22 bits per heavy atom. The molecule has 3 nitrogen and oxygen atoms in total. The van der Waals surface area contributed by atoms with Crippen LogP contribution in [0.15, 0.2) is 15.7 Å². The highest BCUT2D eigenvalue weighted by Crippen LogP contribution is 2.43.